The summed E-state index contributed by atoms with van der Waals surface area (Å²) in [7, 11) is 0. The molecule has 1 aliphatic rings. The maximum atomic E-state index is 5.36. The van der Waals surface area contributed by atoms with Crippen LogP contribution in [0.25, 0.3) is 0 Å². The number of benzene rings is 1. The fourth-order valence-electron chi connectivity index (χ4n) is 2.03. The Morgan fingerprint density at radius 3 is 2.56 bits per heavy atom. The van der Waals surface area contributed by atoms with Gasteiger partial charge in [0.05, 0.1) is 13.2 Å². The minimum Gasteiger partial charge on any atom is -0.379 e. The number of hydrogen-bond donors (Lipinski definition) is 1. The van der Waals surface area contributed by atoms with Gasteiger partial charge in [-0.05, 0) is 36.6 Å². The second kappa shape index (κ2) is 5.21. The highest BCUT2D eigenvalue weighted by Crippen LogP contribution is 2.20. The summed E-state index contributed by atoms with van der Waals surface area (Å²) in [5.74, 6) is 0. The molecule has 0 spiro atoms. The van der Waals surface area contributed by atoms with E-state index in [1.54, 1.807) is 0 Å². The van der Waals surface area contributed by atoms with Crippen molar-refractivity contribution in [2.75, 3.05) is 26.3 Å². The molecular weight excluding hydrogens is 218 g/mol. The van der Waals surface area contributed by atoms with Crippen molar-refractivity contribution >= 4 is 12.6 Å². The Morgan fingerprint density at radius 2 is 1.88 bits per heavy atom. The Bertz CT molecular complexity index is 372. The van der Waals surface area contributed by atoms with Crippen LogP contribution < -0.4 is 0 Å². The van der Waals surface area contributed by atoms with E-state index in [9.17, 15) is 0 Å². The third-order valence-corrected chi connectivity index (χ3v) is 3.63. The summed E-state index contributed by atoms with van der Waals surface area (Å²) in [4.78, 5) is 3.53. The monoisotopic (exact) mass is 237 g/mol. The molecular formula is C13H19NOS. The SMILES string of the molecule is Cc1cc(CN2CCOCC2)c(C)cc1S. The molecule has 1 heterocycles. The van der Waals surface area contributed by atoms with Crippen LogP contribution in [0.15, 0.2) is 17.0 Å². The van der Waals surface area contributed by atoms with Crippen LogP contribution in [-0.2, 0) is 11.3 Å². The van der Waals surface area contributed by atoms with E-state index in [1.807, 2.05) is 0 Å². The van der Waals surface area contributed by atoms with Gasteiger partial charge < -0.3 is 4.74 Å². The zero-order chi connectivity index (χ0) is 11.5. The highest BCUT2D eigenvalue weighted by molar-refractivity contribution is 7.80. The number of morpholine rings is 1. The van der Waals surface area contributed by atoms with Crippen LogP contribution >= 0.6 is 12.6 Å². The summed E-state index contributed by atoms with van der Waals surface area (Å²) in [5, 5.41) is 0. The molecule has 1 fully saturated rings. The molecule has 0 bridgehead atoms. The third kappa shape index (κ3) is 2.78. The lowest BCUT2D eigenvalue weighted by Gasteiger charge is -2.27. The number of rotatable bonds is 2. The smallest absolute Gasteiger partial charge is 0.0594 e. The molecule has 1 aromatic carbocycles. The number of aryl methyl sites for hydroxylation is 2. The molecule has 0 radical (unpaired) electrons. The summed E-state index contributed by atoms with van der Waals surface area (Å²) >= 11 is 4.45. The standard InChI is InChI=1S/C13H19NOS/c1-10-8-13(16)11(2)7-12(10)9-14-3-5-15-6-4-14/h7-8,16H,3-6,9H2,1-2H3. The molecule has 2 rings (SSSR count). The molecule has 88 valence electrons. The van der Waals surface area contributed by atoms with Crippen molar-refractivity contribution < 1.29 is 4.74 Å². The van der Waals surface area contributed by atoms with Crippen molar-refractivity contribution in [3.63, 3.8) is 0 Å². The van der Waals surface area contributed by atoms with Gasteiger partial charge in [0.2, 0.25) is 0 Å². The lowest BCUT2D eigenvalue weighted by Crippen LogP contribution is -2.35. The molecule has 2 nitrogen and oxygen atoms in total. The molecule has 0 N–H and O–H groups in total. The van der Waals surface area contributed by atoms with Crippen molar-refractivity contribution in [1.82, 2.24) is 4.90 Å². The Hall–Kier alpha value is -0.510. The summed E-state index contributed by atoms with van der Waals surface area (Å²) in [6.45, 7) is 9.12. The molecule has 1 aliphatic heterocycles. The molecule has 0 atom stereocenters. The third-order valence-electron chi connectivity index (χ3n) is 3.15. The van der Waals surface area contributed by atoms with Crippen LogP contribution in [0.3, 0.4) is 0 Å². The fourth-order valence-corrected chi connectivity index (χ4v) is 2.29. The predicted octanol–water partition coefficient (Wildman–Crippen LogP) is 2.42. The number of hydrogen-bond acceptors (Lipinski definition) is 3. The van der Waals surface area contributed by atoms with Gasteiger partial charge in [0.15, 0.2) is 0 Å². The van der Waals surface area contributed by atoms with Crippen molar-refractivity contribution in [3.8, 4) is 0 Å². The number of thiol groups is 1. The molecule has 3 heteroatoms. The molecule has 0 aromatic heterocycles. The highest BCUT2D eigenvalue weighted by Gasteiger charge is 2.12. The van der Waals surface area contributed by atoms with E-state index in [0.29, 0.717) is 0 Å². The molecule has 0 saturated carbocycles. The second-order valence-corrected chi connectivity index (χ2v) is 4.94. The summed E-state index contributed by atoms with van der Waals surface area (Å²) in [6.07, 6.45) is 0. The van der Waals surface area contributed by atoms with Crippen LogP contribution in [0, 0.1) is 13.8 Å². The number of nitrogens with zero attached hydrogens (tertiary/aromatic N) is 1. The van der Waals surface area contributed by atoms with Crippen LogP contribution in [0.5, 0.6) is 0 Å². The minimum atomic E-state index is 0.864. The summed E-state index contributed by atoms with van der Waals surface area (Å²) < 4.78 is 5.36. The fraction of sp³-hybridized carbons (Fsp3) is 0.538. The Morgan fingerprint density at radius 1 is 1.19 bits per heavy atom. The maximum absolute atomic E-state index is 5.36. The molecule has 1 saturated heterocycles. The van der Waals surface area contributed by atoms with E-state index in [2.05, 4.69) is 43.5 Å². The van der Waals surface area contributed by atoms with E-state index in [-0.39, 0.29) is 0 Å². The van der Waals surface area contributed by atoms with Gasteiger partial charge in [-0.3, -0.25) is 4.90 Å². The molecule has 16 heavy (non-hydrogen) atoms. The van der Waals surface area contributed by atoms with E-state index >= 15 is 0 Å². The molecule has 0 aliphatic carbocycles. The van der Waals surface area contributed by atoms with Gasteiger partial charge in [-0.25, -0.2) is 0 Å². The van der Waals surface area contributed by atoms with Crippen LogP contribution in [-0.4, -0.2) is 31.2 Å². The van der Waals surface area contributed by atoms with Crippen LogP contribution in [0.2, 0.25) is 0 Å². The zero-order valence-electron chi connectivity index (χ0n) is 9.99. The molecule has 0 amide bonds. The Balaban J connectivity index is 2.11. The summed E-state index contributed by atoms with van der Waals surface area (Å²) in [5.41, 5.74) is 4.01. The van der Waals surface area contributed by atoms with E-state index in [4.69, 9.17) is 4.74 Å². The van der Waals surface area contributed by atoms with Gasteiger partial charge in [0, 0.05) is 24.5 Å². The van der Waals surface area contributed by atoms with Gasteiger partial charge in [-0.1, -0.05) is 6.07 Å². The topological polar surface area (TPSA) is 12.5 Å². The van der Waals surface area contributed by atoms with E-state index in [0.717, 1.165) is 37.7 Å². The Labute approximate surface area is 103 Å². The van der Waals surface area contributed by atoms with Crippen LogP contribution in [0.1, 0.15) is 16.7 Å². The normalized spacial score (nSPS) is 17.7. The summed E-state index contributed by atoms with van der Waals surface area (Å²) in [6, 6.07) is 4.42. The largest absolute Gasteiger partial charge is 0.379 e. The van der Waals surface area contributed by atoms with E-state index < -0.39 is 0 Å². The highest BCUT2D eigenvalue weighted by atomic mass is 32.1. The quantitative estimate of drug-likeness (QED) is 0.793. The van der Waals surface area contributed by atoms with E-state index in [1.165, 1.54) is 16.7 Å². The number of ether oxygens (including phenoxy) is 1. The first-order chi connectivity index (χ1) is 7.66. The van der Waals surface area contributed by atoms with Crippen molar-refractivity contribution in [3.05, 3.63) is 28.8 Å². The van der Waals surface area contributed by atoms with Gasteiger partial charge in [0.1, 0.15) is 0 Å². The maximum Gasteiger partial charge on any atom is 0.0594 e. The van der Waals surface area contributed by atoms with Gasteiger partial charge >= 0.3 is 0 Å². The van der Waals surface area contributed by atoms with Gasteiger partial charge in [-0.15, -0.1) is 12.6 Å². The first-order valence-corrected chi connectivity index (χ1v) is 6.21. The predicted molar refractivity (Wildman–Crippen MR) is 69.3 cm³/mol. The Kier molecular flexibility index (Phi) is 3.90. The van der Waals surface area contributed by atoms with Crippen LogP contribution in [0.4, 0.5) is 0 Å². The average Bonchev–Trinajstić information content (AvgIpc) is 2.27. The molecule has 1 aromatic rings. The van der Waals surface area contributed by atoms with Crippen molar-refractivity contribution in [2.24, 2.45) is 0 Å². The van der Waals surface area contributed by atoms with Crippen molar-refractivity contribution in [2.45, 2.75) is 25.3 Å². The first-order valence-electron chi connectivity index (χ1n) is 5.76. The first kappa shape index (κ1) is 12.0. The lowest BCUT2D eigenvalue weighted by molar-refractivity contribution is 0.0341. The second-order valence-electron chi connectivity index (χ2n) is 4.45. The van der Waals surface area contributed by atoms with Gasteiger partial charge in [0.25, 0.3) is 0 Å². The molecule has 0 unspecified atom stereocenters. The lowest BCUT2D eigenvalue weighted by atomic mass is 10.0. The van der Waals surface area contributed by atoms with Crippen molar-refractivity contribution in [1.29, 1.82) is 0 Å². The van der Waals surface area contributed by atoms with Gasteiger partial charge in [-0.2, -0.15) is 0 Å². The minimum absolute atomic E-state index is 0.864. The zero-order valence-corrected chi connectivity index (χ0v) is 10.9. The average molecular weight is 237 g/mol.